The molecule has 0 radical (unpaired) electrons. The molecule has 118 valence electrons. The van der Waals surface area contributed by atoms with Crippen LogP contribution in [0.4, 0.5) is 0 Å². The summed E-state index contributed by atoms with van der Waals surface area (Å²) in [6.45, 7) is 7.06. The van der Waals surface area contributed by atoms with Crippen LogP contribution in [0.25, 0.3) is 0 Å². The van der Waals surface area contributed by atoms with Crippen LogP contribution in [-0.2, 0) is 10.0 Å². The number of ether oxygens (including phenoxy) is 1. The molecular formula is C14H22N2O4S. The number of methoxy groups -OCH3 is 1. The average Bonchev–Trinajstić information content (AvgIpc) is 2.42. The highest BCUT2D eigenvalue weighted by molar-refractivity contribution is 7.89. The normalized spacial score (nSPS) is 11.5. The highest BCUT2D eigenvalue weighted by Gasteiger charge is 2.21. The number of sulfonamides is 1. The van der Waals surface area contributed by atoms with Crippen LogP contribution in [0.5, 0.6) is 5.75 Å². The molecule has 0 aliphatic heterocycles. The third-order valence-corrected chi connectivity index (χ3v) is 3.90. The molecule has 7 heteroatoms. The van der Waals surface area contributed by atoms with E-state index < -0.39 is 10.0 Å². The SMILES string of the molecule is CCN(CC(C)C)C(=O)c1ccc(OC)c(S(N)(=O)=O)c1. The second kappa shape index (κ2) is 6.91. The van der Waals surface area contributed by atoms with E-state index in [2.05, 4.69) is 0 Å². The van der Waals surface area contributed by atoms with Crippen LogP contribution < -0.4 is 9.88 Å². The Hall–Kier alpha value is -1.60. The maximum absolute atomic E-state index is 12.4. The molecule has 2 N–H and O–H groups in total. The molecule has 0 saturated heterocycles. The van der Waals surface area contributed by atoms with Gasteiger partial charge >= 0.3 is 0 Å². The minimum absolute atomic E-state index is 0.126. The Morgan fingerprint density at radius 3 is 2.43 bits per heavy atom. The van der Waals surface area contributed by atoms with Crippen molar-refractivity contribution in [1.82, 2.24) is 4.90 Å². The van der Waals surface area contributed by atoms with Crippen LogP contribution in [0.1, 0.15) is 31.1 Å². The fourth-order valence-electron chi connectivity index (χ4n) is 2.01. The zero-order chi connectivity index (χ0) is 16.2. The van der Waals surface area contributed by atoms with E-state index in [4.69, 9.17) is 9.88 Å². The number of benzene rings is 1. The monoisotopic (exact) mass is 314 g/mol. The molecule has 0 aliphatic carbocycles. The van der Waals surface area contributed by atoms with E-state index in [-0.39, 0.29) is 22.1 Å². The van der Waals surface area contributed by atoms with Crippen LogP contribution in [0.2, 0.25) is 0 Å². The number of primary sulfonamides is 1. The van der Waals surface area contributed by atoms with Crippen molar-refractivity contribution in [3.8, 4) is 5.75 Å². The van der Waals surface area contributed by atoms with Crippen LogP contribution in [-0.4, -0.2) is 39.4 Å². The van der Waals surface area contributed by atoms with Gasteiger partial charge in [-0.2, -0.15) is 0 Å². The minimum Gasteiger partial charge on any atom is -0.495 e. The smallest absolute Gasteiger partial charge is 0.253 e. The number of rotatable bonds is 6. The molecule has 0 heterocycles. The Labute approximate surface area is 125 Å². The summed E-state index contributed by atoms with van der Waals surface area (Å²) in [5.74, 6) is 0.226. The molecule has 0 bridgehead atoms. The van der Waals surface area contributed by atoms with Crippen molar-refractivity contribution in [2.24, 2.45) is 11.1 Å². The lowest BCUT2D eigenvalue weighted by Crippen LogP contribution is -2.34. The molecule has 0 saturated carbocycles. The molecule has 0 unspecified atom stereocenters. The van der Waals surface area contributed by atoms with Crippen LogP contribution in [0, 0.1) is 5.92 Å². The number of hydrogen-bond acceptors (Lipinski definition) is 4. The summed E-state index contributed by atoms with van der Waals surface area (Å²) in [4.78, 5) is 13.9. The first-order valence-corrected chi connectivity index (χ1v) is 8.25. The second-order valence-electron chi connectivity index (χ2n) is 5.15. The number of hydrogen-bond donors (Lipinski definition) is 1. The van der Waals surface area contributed by atoms with Gasteiger partial charge in [0.2, 0.25) is 10.0 Å². The van der Waals surface area contributed by atoms with E-state index in [0.717, 1.165) is 0 Å². The largest absolute Gasteiger partial charge is 0.495 e. The Balaban J connectivity index is 3.23. The van der Waals surface area contributed by atoms with Gasteiger partial charge in [0.1, 0.15) is 10.6 Å². The van der Waals surface area contributed by atoms with Crippen molar-refractivity contribution in [3.63, 3.8) is 0 Å². The number of nitrogens with two attached hydrogens (primary N) is 1. The highest BCUT2D eigenvalue weighted by Crippen LogP contribution is 2.24. The van der Waals surface area contributed by atoms with Crippen molar-refractivity contribution in [1.29, 1.82) is 0 Å². The molecule has 0 spiro atoms. The summed E-state index contributed by atoms with van der Waals surface area (Å²) in [5, 5.41) is 5.16. The molecular weight excluding hydrogens is 292 g/mol. The molecule has 21 heavy (non-hydrogen) atoms. The zero-order valence-electron chi connectivity index (χ0n) is 12.8. The first kappa shape index (κ1) is 17.5. The molecule has 1 aromatic rings. The summed E-state index contributed by atoms with van der Waals surface area (Å²) in [6.07, 6.45) is 0. The van der Waals surface area contributed by atoms with Crippen LogP contribution in [0.3, 0.4) is 0 Å². The van der Waals surface area contributed by atoms with E-state index >= 15 is 0 Å². The van der Waals surface area contributed by atoms with Gasteiger partial charge in [0.15, 0.2) is 0 Å². The summed E-state index contributed by atoms with van der Waals surface area (Å²) >= 11 is 0. The Bertz CT molecular complexity index is 611. The Morgan fingerprint density at radius 2 is 2.00 bits per heavy atom. The topological polar surface area (TPSA) is 89.7 Å². The second-order valence-corrected chi connectivity index (χ2v) is 6.68. The van der Waals surface area contributed by atoms with Crippen LogP contribution in [0.15, 0.2) is 23.1 Å². The van der Waals surface area contributed by atoms with Gasteiger partial charge in [-0.15, -0.1) is 0 Å². The first-order chi connectivity index (χ1) is 9.70. The Kier molecular flexibility index (Phi) is 5.74. The fraction of sp³-hybridized carbons (Fsp3) is 0.500. The fourth-order valence-corrected chi connectivity index (χ4v) is 2.73. The van der Waals surface area contributed by atoms with Crippen LogP contribution >= 0.6 is 0 Å². The van der Waals surface area contributed by atoms with Gasteiger partial charge in [-0.3, -0.25) is 4.79 Å². The maximum Gasteiger partial charge on any atom is 0.253 e. The lowest BCUT2D eigenvalue weighted by atomic mass is 10.1. The van der Waals surface area contributed by atoms with E-state index in [0.29, 0.717) is 19.0 Å². The average molecular weight is 314 g/mol. The number of amides is 1. The van der Waals surface area contributed by atoms with Gasteiger partial charge in [0.05, 0.1) is 7.11 Å². The summed E-state index contributed by atoms with van der Waals surface area (Å²) in [6, 6.07) is 4.24. The van der Waals surface area contributed by atoms with Crippen molar-refractivity contribution in [3.05, 3.63) is 23.8 Å². The maximum atomic E-state index is 12.4. The molecule has 0 atom stereocenters. The number of nitrogens with zero attached hydrogens (tertiary/aromatic N) is 1. The molecule has 1 rings (SSSR count). The standard InChI is InChI=1S/C14H22N2O4S/c1-5-16(9-10(2)3)14(17)11-6-7-12(20-4)13(8-11)21(15,18)19/h6-8,10H,5,9H2,1-4H3,(H2,15,18,19). The minimum atomic E-state index is -3.95. The third-order valence-electron chi connectivity index (χ3n) is 2.97. The van der Waals surface area contributed by atoms with Crippen molar-refractivity contribution < 1.29 is 17.9 Å². The third kappa shape index (κ3) is 4.44. The first-order valence-electron chi connectivity index (χ1n) is 6.70. The predicted octanol–water partition coefficient (Wildman–Crippen LogP) is 1.46. The van der Waals surface area contributed by atoms with E-state index in [1.807, 2.05) is 20.8 Å². The molecule has 1 amide bonds. The molecule has 0 fully saturated rings. The van der Waals surface area contributed by atoms with Gasteiger partial charge < -0.3 is 9.64 Å². The van der Waals surface area contributed by atoms with E-state index in [1.54, 1.807) is 11.0 Å². The molecule has 0 aliphatic rings. The summed E-state index contributed by atoms with van der Waals surface area (Å²) in [5.41, 5.74) is 0.280. The van der Waals surface area contributed by atoms with Gasteiger partial charge in [-0.05, 0) is 31.0 Å². The molecule has 6 nitrogen and oxygen atoms in total. The number of carbonyl (C=O) groups excluding carboxylic acids is 1. The molecule has 0 aromatic heterocycles. The predicted molar refractivity (Wildman–Crippen MR) is 80.8 cm³/mol. The Morgan fingerprint density at radius 1 is 1.38 bits per heavy atom. The van der Waals surface area contributed by atoms with Crippen molar-refractivity contribution >= 4 is 15.9 Å². The van der Waals surface area contributed by atoms with Gasteiger partial charge in [0, 0.05) is 18.7 Å². The molecule has 1 aromatic carbocycles. The summed E-state index contributed by atoms with van der Waals surface area (Å²) in [7, 11) is -2.60. The number of carbonyl (C=O) groups is 1. The van der Waals surface area contributed by atoms with Crippen molar-refractivity contribution in [2.45, 2.75) is 25.7 Å². The lowest BCUT2D eigenvalue weighted by Gasteiger charge is -2.23. The summed E-state index contributed by atoms with van der Waals surface area (Å²) < 4.78 is 28.1. The van der Waals surface area contributed by atoms with Gasteiger partial charge in [-0.1, -0.05) is 13.8 Å². The van der Waals surface area contributed by atoms with Gasteiger partial charge in [-0.25, -0.2) is 13.6 Å². The quantitative estimate of drug-likeness (QED) is 0.860. The zero-order valence-corrected chi connectivity index (χ0v) is 13.6. The van der Waals surface area contributed by atoms with E-state index in [9.17, 15) is 13.2 Å². The lowest BCUT2D eigenvalue weighted by molar-refractivity contribution is 0.0745. The highest BCUT2D eigenvalue weighted by atomic mass is 32.2. The van der Waals surface area contributed by atoms with E-state index in [1.165, 1.54) is 19.2 Å². The van der Waals surface area contributed by atoms with Crippen molar-refractivity contribution in [2.75, 3.05) is 20.2 Å². The van der Waals surface area contributed by atoms with Gasteiger partial charge in [0.25, 0.3) is 5.91 Å².